The first-order chi connectivity index (χ1) is 12.8. The van der Waals surface area contributed by atoms with E-state index < -0.39 is 0 Å². The topological polar surface area (TPSA) is 74.8 Å². The van der Waals surface area contributed by atoms with Crippen molar-refractivity contribution in [2.24, 2.45) is 0 Å². The standard InChI is InChI=1S/C20H21N5O/c26-19-12-18(23-20(24-19)17-5-1-2-9-22-17)16-6-10-25(11-7-16)14-15-4-3-8-21-13-15/h1-5,8-9,12-13,16H,6-7,10-11,14H2,(H,23,24,26). The van der Waals surface area contributed by atoms with Crippen LogP contribution in [-0.2, 0) is 6.54 Å². The minimum atomic E-state index is -0.117. The van der Waals surface area contributed by atoms with Gasteiger partial charge in [-0.3, -0.25) is 19.7 Å². The molecule has 0 saturated carbocycles. The lowest BCUT2D eigenvalue weighted by molar-refractivity contribution is 0.203. The zero-order chi connectivity index (χ0) is 17.8. The predicted molar refractivity (Wildman–Crippen MR) is 99.6 cm³/mol. The van der Waals surface area contributed by atoms with Crippen molar-refractivity contribution in [1.29, 1.82) is 0 Å². The normalized spacial score (nSPS) is 15.8. The molecule has 0 radical (unpaired) electrons. The van der Waals surface area contributed by atoms with Crippen molar-refractivity contribution in [2.45, 2.75) is 25.3 Å². The van der Waals surface area contributed by atoms with Crippen molar-refractivity contribution in [1.82, 2.24) is 24.8 Å². The van der Waals surface area contributed by atoms with Gasteiger partial charge >= 0.3 is 0 Å². The highest BCUT2D eigenvalue weighted by Gasteiger charge is 2.22. The molecular formula is C20H21N5O. The molecule has 6 nitrogen and oxygen atoms in total. The molecule has 0 unspecified atom stereocenters. The SMILES string of the molecule is O=c1cc(C2CCN(Cc3cccnc3)CC2)nc(-c2ccccn2)[nH]1. The molecule has 0 bridgehead atoms. The van der Waals surface area contributed by atoms with E-state index in [0.29, 0.717) is 17.4 Å². The third-order valence-corrected chi connectivity index (χ3v) is 4.80. The van der Waals surface area contributed by atoms with E-state index in [9.17, 15) is 4.79 Å². The number of likely N-dealkylation sites (tertiary alicyclic amines) is 1. The Bertz CT molecular complexity index is 902. The van der Waals surface area contributed by atoms with Gasteiger partial charge in [-0.2, -0.15) is 0 Å². The van der Waals surface area contributed by atoms with E-state index in [1.165, 1.54) is 5.56 Å². The maximum atomic E-state index is 12.1. The molecule has 4 heterocycles. The summed E-state index contributed by atoms with van der Waals surface area (Å²) in [6, 6.07) is 11.3. The molecular weight excluding hydrogens is 326 g/mol. The van der Waals surface area contributed by atoms with Gasteiger partial charge in [0.25, 0.3) is 5.56 Å². The quantitative estimate of drug-likeness (QED) is 0.785. The fraction of sp³-hybridized carbons (Fsp3) is 0.300. The van der Waals surface area contributed by atoms with Crippen LogP contribution in [0.1, 0.15) is 30.0 Å². The minimum Gasteiger partial charge on any atom is -0.305 e. The van der Waals surface area contributed by atoms with Gasteiger partial charge in [-0.1, -0.05) is 12.1 Å². The maximum absolute atomic E-state index is 12.1. The zero-order valence-corrected chi connectivity index (χ0v) is 14.5. The molecule has 3 aromatic heterocycles. The molecule has 0 aliphatic carbocycles. The van der Waals surface area contributed by atoms with Crippen LogP contribution in [-0.4, -0.2) is 37.9 Å². The number of aromatic nitrogens is 4. The highest BCUT2D eigenvalue weighted by molar-refractivity contribution is 5.48. The summed E-state index contributed by atoms with van der Waals surface area (Å²) in [5.74, 6) is 0.857. The second kappa shape index (κ2) is 7.58. The van der Waals surface area contributed by atoms with E-state index in [1.54, 1.807) is 18.5 Å². The fourth-order valence-corrected chi connectivity index (χ4v) is 3.45. The van der Waals surface area contributed by atoms with Gasteiger partial charge in [-0.05, 0) is 49.7 Å². The number of aromatic amines is 1. The highest BCUT2D eigenvalue weighted by Crippen LogP contribution is 2.27. The van der Waals surface area contributed by atoms with Crippen LogP contribution in [0.2, 0.25) is 0 Å². The van der Waals surface area contributed by atoms with Gasteiger partial charge in [-0.15, -0.1) is 0 Å². The van der Waals surface area contributed by atoms with Crippen molar-refractivity contribution >= 4 is 0 Å². The Hall–Kier alpha value is -2.86. The first-order valence-electron chi connectivity index (χ1n) is 8.92. The third-order valence-electron chi connectivity index (χ3n) is 4.80. The Morgan fingerprint density at radius 2 is 2.00 bits per heavy atom. The number of hydrogen-bond donors (Lipinski definition) is 1. The monoisotopic (exact) mass is 347 g/mol. The van der Waals surface area contributed by atoms with Gasteiger partial charge < -0.3 is 4.98 Å². The van der Waals surface area contributed by atoms with Crippen molar-refractivity contribution in [3.8, 4) is 11.5 Å². The van der Waals surface area contributed by atoms with Crippen molar-refractivity contribution < 1.29 is 0 Å². The van der Waals surface area contributed by atoms with Crippen LogP contribution in [0.4, 0.5) is 0 Å². The number of piperidine rings is 1. The highest BCUT2D eigenvalue weighted by atomic mass is 16.1. The lowest BCUT2D eigenvalue weighted by atomic mass is 9.93. The van der Waals surface area contributed by atoms with E-state index in [4.69, 9.17) is 0 Å². The Morgan fingerprint density at radius 1 is 1.12 bits per heavy atom. The average Bonchev–Trinajstić information content (AvgIpc) is 2.70. The molecule has 132 valence electrons. The molecule has 6 heteroatoms. The molecule has 26 heavy (non-hydrogen) atoms. The van der Waals surface area contributed by atoms with E-state index in [-0.39, 0.29) is 5.56 Å². The van der Waals surface area contributed by atoms with Crippen LogP contribution in [0.3, 0.4) is 0 Å². The minimum absolute atomic E-state index is 0.117. The molecule has 0 aromatic carbocycles. The Balaban J connectivity index is 1.46. The second-order valence-electron chi connectivity index (χ2n) is 6.65. The van der Waals surface area contributed by atoms with E-state index in [1.807, 2.05) is 30.5 Å². The molecule has 4 rings (SSSR count). The number of pyridine rings is 2. The maximum Gasteiger partial charge on any atom is 0.251 e. The molecule has 0 atom stereocenters. The molecule has 1 saturated heterocycles. The van der Waals surface area contributed by atoms with Gasteiger partial charge in [0.1, 0.15) is 5.69 Å². The van der Waals surface area contributed by atoms with Crippen molar-refractivity contribution in [3.05, 3.63) is 76.6 Å². The van der Waals surface area contributed by atoms with Crippen LogP contribution in [0.5, 0.6) is 0 Å². The van der Waals surface area contributed by atoms with Gasteiger partial charge in [0.05, 0.1) is 5.69 Å². The van der Waals surface area contributed by atoms with Crippen LogP contribution in [0, 0.1) is 0 Å². The second-order valence-corrected chi connectivity index (χ2v) is 6.65. The van der Waals surface area contributed by atoms with E-state index >= 15 is 0 Å². The van der Waals surface area contributed by atoms with Gasteiger partial charge in [0, 0.05) is 37.1 Å². The van der Waals surface area contributed by atoms with Crippen molar-refractivity contribution in [2.75, 3.05) is 13.1 Å². The van der Waals surface area contributed by atoms with Crippen LogP contribution < -0.4 is 5.56 Å². The number of nitrogens with zero attached hydrogens (tertiary/aromatic N) is 4. The largest absolute Gasteiger partial charge is 0.305 e. The van der Waals surface area contributed by atoms with E-state index in [0.717, 1.165) is 38.2 Å². The number of hydrogen-bond acceptors (Lipinski definition) is 5. The smallest absolute Gasteiger partial charge is 0.251 e. The first-order valence-corrected chi connectivity index (χ1v) is 8.92. The predicted octanol–water partition coefficient (Wildman–Crippen LogP) is 2.61. The summed E-state index contributed by atoms with van der Waals surface area (Å²) in [6.45, 7) is 2.91. The average molecular weight is 347 g/mol. The lowest BCUT2D eigenvalue weighted by Crippen LogP contribution is -2.33. The summed E-state index contributed by atoms with van der Waals surface area (Å²) in [6.07, 6.45) is 7.42. The molecule has 0 amide bonds. The van der Waals surface area contributed by atoms with Gasteiger partial charge in [0.2, 0.25) is 0 Å². The summed E-state index contributed by atoms with van der Waals surface area (Å²) in [7, 11) is 0. The Labute approximate surface area is 152 Å². The van der Waals surface area contributed by atoms with Crippen molar-refractivity contribution in [3.63, 3.8) is 0 Å². The number of rotatable bonds is 4. The summed E-state index contributed by atoms with van der Waals surface area (Å²) in [5, 5.41) is 0. The molecule has 1 N–H and O–H groups in total. The number of nitrogens with one attached hydrogen (secondary N) is 1. The molecule has 1 aliphatic heterocycles. The molecule has 0 spiro atoms. The number of H-pyrrole nitrogens is 1. The summed E-state index contributed by atoms with van der Waals surface area (Å²) in [5.41, 5.74) is 2.68. The summed E-state index contributed by atoms with van der Waals surface area (Å²) < 4.78 is 0. The molecule has 1 fully saturated rings. The van der Waals surface area contributed by atoms with Crippen LogP contribution in [0.25, 0.3) is 11.5 Å². The Morgan fingerprint density at radius 3 is 2.73 bits per heavy atom. The lowest BCUT2D eigenvalue weighted by Gasteiger charge is -2.31. The summed E-state index contributed by atoms with van der Waals surface area (Å²) in [4.78, 5) is 30.5. The summed E-state index contributed by atoms with van der Waals surface area (Å²) >= 11 is 0. The third kappa shape index (κ3) is 3.86. The molecule has 3 aromatic rings. The van der Waals surface area contributed by atoms with Gasteiger partial charge in [-0.25, -0.2) is 4.98 Å². The van der Waals surface area contributed by atoms with Crippen LogP contribution >= 0.6 is 0 Å². The zero-order valence-electron chi connectivity index (χ0n) is 14.5. The van der Waals surface area contributed by atoms with E-state index in [2.05, 4.69) is 30.9 Å². The Kier molecular flexibility index (Phi) is 4.84. The molecule has 1 aliphatic rings. The van der Waals surface area contributed by atoms with Crippen LogP contribution in [0.15, 0.2) is 59.8 Å². The first kappa shape index (κ1) is 16.6. The van der Waals surface area contributed by atoms with Gasteiger partial charge in [0.15, 0.2) is 5.82 Å². The fourth-order valence-electron chi connectivity index (χ4n) is 3.45.